The molecule has 0 aliphatic rings. The molecule has 0 saturated carbocycles. The fraction of sp³-hybridized carbons (Fsp3) is 0.667. The Bertz CT molecular complexity index is 347. The van der Waals surface area contributed by atoms with Crippen molar-refractivity contribution in [1.29, 1.82) is 0 Å². The van der Waals surface area contributed by atoms with E-state index in [4.69, 9.17) is 0 Å². The molecule has 14 heteroatoms. The van der Waals surface area contributed by atoms with Gasteiger partial charge in [-0.2, -0.15) is 48.3 Å². The maximum Gasteiger partial charge on any atom is 1.00 e. The van der Waals surface area contributed by atoms with Crippen LogP contribution in [0.2, 0.25) is 0 Å². The molecule has 0 N–H and O–H groups in total. The third-order valence-corrected chi connectivity index (χ3v) is 1.47. The second kappa shape index (κ2) is 7.15. The van der Waals surface area contributed by atoms with Crippen LogP contribution in [0.15, 0.2) is 11.7 Å². The summed E-state index contributed by atoms with van der Waals surface area (Å²) in [7, 11) is 0. The Hall–Kier alpha value is 0.466. The predicted octanol–water partition coefficient (Wildman–Crippen LogP) is -1.46. The van der Waals surface area contributed by atoms with Gasteiger partial charge < -0.3 is 4.70 Å². The van der Waals surface area contributed by atoms with Crippen LogP contribution in [0, 0.1) is 0 Å². The van der Waals surface area contributed by atoms with Crippen molar-refractivity contribution in [2.45, 2.75) is 24.2 Å². The zero-order valence-electron chi connectivity index (χ0n) is 8.91. The van der Waals surface area contributed by atoms with E-state index >= 15 is 0 Å². The number of halogens is 13. The largest absolute Gasteiger partial charge is 1.00 e. The molecule has 0 aromatic rings. The molecule has 0 spiro atoms. The first kappa shape index (κ1) is 25.4. The summed E-state index contributed by atoms with van der Waals surface area (Å²) < 4.78 is 141. The van der Waals surface area contributed by atoms with Gasteiger partial charge in [0.15, 0.2) is 0 Å². The zero-order valence-corrected chi connectivity index (χ0v) is 12.0. The summed E-state index contributed by atoms with van der Waals surface area (Å²) in [6.45, 7) is 0. The predicted molar refractivity (Wildman–Crippen MR) is 31.2 cm³/mol. The van der Waals surface area contributed by atoms with E-state index in [1.54, 1.807) is 0 Å². The van der Waals surface area contributed by atoms with Crippen LogP contribution < -0.4 is 56.1 Å². The van der Waals surface area contributed by atoms with E-state index in [9.17, 15) is 52.7 Å². The topological polar surface area (TPSA) is 0 Å². The molecule has 0 radical (unpaired) electrons. The Labute approximate surface area is 144 Å². The van der Waals surface area contributed by atoms with Crippen molar-refractivity contribution < 1.29 is 109 Å². The van der Waals surface area contributed by atoms with E-state index in [1.165, 1.54) is 0 Å². The molecule has 116 valence electrons. The van der Waals surface area contributed by atoms with Gasteiger partial charge in [0.2, 0.25) is 11.7 Å². The SMILES string of the molecule is FC(=C(F)C(F)(F)C(F)(F)C(F)(F)F)C(F)(F)F.[F-].[K+]. The molecule has 0 aromatic carbocycles. The summed E-state index contributed by atoms with van der Waals surface area (Å²) in [5.41, 5.74) is 0. The molecule has 0 aliphatic carbocycles. The minimum absolute atomic E-state index is 0. The van der Waals surface area contributed by atoms with Crippen molar-refractivity contribution in [2.24, 2.45) is 0 Å². The fourth-order valence-corrected chi connectivity index (χ4v) is 0.578. The minimum Gasteiger partial charge on any atom is -1.00 e. The first-order valence-corrected chi connectivity index (χ1v) is 3.52. The summed E-state index contributed by atoms with van der Waals surface area (Å²) in [6, 6.07) is 0. The van der Waals surface area contributed by atoms with Gasteiger partial charge in [-0.15, -0.1) is 0 Å². The van der Waals surface area contributed by atoms with E-state index in [1.807, 2.05) is 0 Å². The molecule has 0 atom stereocenters. The monoisotopic (exact) mass is 358 g/mol. The van der Waals surface area contributed by atoms with Crippen LogP contribution in [0.4, 0.5) is 52.7 Å². The molecular weight excluding hydrogens is 358 g/mol. The fourth-order valence-electron chi connectivity index (χ4n) is 0.578. The molecule has 0 fully saturated rings. The van der Waals surface area contributed by atoms with Crippen molar-refractivity contribution in [3.05, 3.63) is 11.7 Å². The van der Waals surface area contributed by atoms with Gasteiger partial charge in [0.05, 0.1) is 0 Å². The number of hydrogen-bond acceptors (Lipinski definition) is 0. The zero-order chi connectivity index (χ0) is 15.2. The van der Waals surface area contributed by atoms with Gasteiger partial charge >= 0.3 is 75.6 Å². The number of alkyl halides is 10. The number of rotatable bonds is 2. The number of hydrogen-bond donors (Lipinski definition) is 0. The van der Waals surface area contributed by atoms with E-state index in [-0.39, 0.29) is 56.1 Å². The van der Waals surface area contributed by atoms with Crippen LogP contribution in [-0.2, 0) is 0 Å². The molecule has 0 nitrogen and oxygen atoms in total. The van der Waals surface area contributed by atoms with E-state index in [0.717, 1.165) is 0 Å². The first-order chi connectivity index (χ1) is 7.57. The summed E-state index contributed by atoms with van der Waals surface area (Å²) in [6.07, 6.45) is -13.5. The first-order valence-electron chi connectivity index (χ1n) is 3.52. The van der Waals surface area contributed by atoms with Crippen LogP contribution in [0.3, 0.4) is 0 Å². The maximum absolute atomic E-state index is 12.2. The van der Waals surface area contributed by atoms with Gasteiger partial charge in [0.25, 0.3) is 0 Å². The Kier molecular flexibility index (Phi) is 9.09. The van der Waals surface area contributed by atoms with Gasteiger partial charge in [-0.1, -0.05) is 0 Å². The van der Waals surface area contributed by atoms with Crippen molar-refractivity contribution >= 4 is 0 Å². The molecular formula is C6F13K. The van der Waals surface area contributed by atoms with Crippen LogP contribution in [-0.4, -0.2) is 24.2 Å². The average molecular weight is 358 g/mol. The Morgan fingerprint density at radius 2 is 0.900 bits per heavy atom. The van der Waals surface area contributed by atoms with E-state index in [2.05, 4.69) is 0 Å². The van der Waals surface area contributed by atoms with Gasteiger partial charge in [-0.3, -0.25) is 0 Å². The van der Waals surface area contributed by atoms with Gasteiger partial charge in [-0.05, 0) is 0 Å². The van der Waals surface area contributed by atoms with Gasteiger partial charge in [0, 0.05) is 0 Å². The quantitative estimate of drug-likeness (QED) is 0.418. The van der Waals surface area contributed by atoms with Crippen molar-refractivity contribution in [3.8, 4) is 0 Å². The summed E-state index contributed by atoms with van der Waals surface area (Å²) in [5, 5.41) is 0. The smallest absolute Gasteiger partial charge is 1.00 e. The molecule has 0 aromatic heterocycles. The standard InChI is InChI=1S/C6F12.FH.K/c7-1(2(8)4(11,12)13)3(9,10)5(14,15)6(16,17)18;;/h;1H;/q;;+1/p-1. The maximum atomic E-state index is 12.2. The molecule has 0 aliphatic heterocycles. The normalized spacial score (nSPS) is 15.0. The Morgan fingerprint density at radius 1 is 0.600 bits per heavy atom. The van der Waals surface area contributed by atoms with Crippen LogP contribution in [0.1, 0.15) is 0 Å². The average Bonchev–Trinajstić information content (AvgIpc) is 2.11. The molecule has 0 amide bonds. The van der Waals surface area contributed by atoms with E-state index < -0.39 is 35.9 Å². The third-order valence-electron chi connectivity index (χ3n) is 1.47. The van der Waals surface area contributed by atoms with Crippen molar-refractivity contribution in [2.75, 3.05) is 0 Å². The molecule has 0 saturated heterocycles. The van der Waals surface area contributed by atoms with Crippen molar-refractivity contribution in [3.63, 3.8) is 0 Å². The second-order valence-corrected chi connectivity index (χ2v) is 2.77. The van der Waals surface area contributed by atoms with Crippen LogP contribution in [0.25, 0.3) is 0 Å². The summed E-state index contributed by atoms with van der Waals surface area (Å²) >= 11 is 0. The third kappa shape index (κ3) is 4.74. The minimum atomic E-state index is -7.20. The van der Waals surface area contributed by atoms with Crippen LogP contribution in [0.5, 0.6) is 0 Å². The molecule has 0 heterocycles. The van der Waals surface area contributed by atoms with Crippen molar-refractivity contribution in [1.82, 2.24) is 0 Å². The number of allylic oxidation sites excluding steroid dienone is 2. The van der Waals surface area contributed by atoms with Gasteiger partial charge in [-0.25, -0.2) is 4.39 Å². The molecule has 20 heavy (non-hydrogen) atoms. The van der Waals surface area contributed by atoms with Crippen LogP contribution >= 0.6 is 0 Å². The second-order valence-electron chi connectivity index (χ2n) is 2.77. The van der Waals surface area contributed by atoms with Gasteiger partial charge in [0.1, 0.15) is 0 Å². The molecule has 0 unspecified atom stereocenters. The Balaban J connectivity index is -0.00000144. The molecule has 0 bridgehead atoms. The van der Waals surface area contributed by atoms with E-state index in [0.29, 0.717) is 0 Å². The summed E-state index contributed by atoms with van der Waals surface area (Å²) in [4.78, 5) is 0. The molecule has 0 rings (SSSR count). The summed E-state index contributed by atoms with van der Waals surface area (Å²) in [5.74, 6) is -23.1. The Morgan fingerprint density at radius 3 is 1.10 bits per heavy atom.